The molecule has 2 heterocycles. The number of esters is 1. The van der Waals surface area contributed by atoms with Crippen molar-refractivity contribution in [3.8, 4) is 0 Å². The third-order valence-electron chi connectivity index (χ3n) is 4.58. The molecule has 0 spiro atoms. The molecule has 1 aromatic heterocycles. The van der Waals surface area contributed by atoms with E-state index in [1.807, 2.05) is 0 Å². The SMILES string of the molecule is O=C(Nc1nc(=O)n([C@H]2C[Se][C@@H](COC(=O)c3ccccc3)O2)cc1F)c1ccccc1. The van der Waals surface area contributed by atoms with E-state index in [1.165, 1.54) is 0 Å². The van der Waals surface area contributed by atoms with Crippen LogP contribution in [0.3, 0.4) is 0 Å². The van der Waals surface area contributed by atoms with Crippen molar-refractivity contribution in [1.29, 1.82) is 0 Å². The molecule has 164 valence electrons. The summed E-state index contributed by atoms with van der Waals surface area (Å²) in [7, 11) is 0. The van der Waals surface area contributed by atoms with Crippen molar-refractivity contribution in [3.63, 3.8) is 0 Å². The molecule has 1 amide bonds. The molecule has 0 unspecified atom stereocenters. The van der Waals surface area contributed by atoms with Gasteiger partial charge in [-0.3, -0.25) is 0 Å². The number of halogens is 1. The van der Waals surface area contributed by atoms with Crippen molar-refractivity contribution in [3.05, 3.63) is 94.3 Å². The molecule has 8 nitrogen and oxygen atoms in total. The molecule has 1 N–H and O–H groups in total. The van der Waals surface area contributed by atoms with Crippen LogP contribution >= 0.6 is 0 Å². The van der Waals surface area contributed by atoms with E-state index in [-0.39, 0.29) is 26.6 Å². The molecule has 3 aromatic rings. The number of nitrogens with one attached hydrogen (secondary N) is 1. The van der Waals surface area contributed by atoms with E-state index in [2.05, 4.69) is 10.3 Å². The fraction of sp³-hybridized carbons (Fsp3) is 0.182. The van der Waals surface area contributed by atoms with Crippen molar-refractivity contribution in [2.45, 2.75) is 16.5 Å². The summed E-state index contributed by atoms with van der Waals surface area (Å²) in [4.78, 5) is 40.4. The Kier molecular flexibility index (Phi) is 6.75. The zero-order valence-corrected chi connectivity index (χ0v) is 18.4. The van der Waals surface area contributed by atoms with E-state index in [0.29, 0.717) is 16.4 Å². The number of carbonyl (C=O) groups is 2. The maximum atomic E-state index is 14.5. The first-order chi connectivity index (χ1) is 15.5. The summed E-state index contributed by atoms with van der Waals surface area (Å²) < 4.78 is 26.7. The minimum absolute atomic E-state index is 0.0418. The summed E-state index contributed by atoms with van der Waals surface area (Å²) in [6.45, 7) is 0.0418. The predicted molar refractivity (Wildman–Crippen MR) is 114 cm³/mol. The van der Waals surface area contributed by atoms with Gasteiger partial charge in [-0.1, -0.05) is 0 Å². The predicted octanol–water partition coefficient (Wildman–Crippen LogP) is 2.47. The van der Waals surface area contributed by atoms with E-state index in [9.17, 15) is 18.8 Å². The summed E-state index contributed by atoms with van der Waals surface area (Å²) >= 11 is -0.0856. The Morgan fingerprint density at radius 1 is 1.12 bits per heavy atom. The van der Waals surface area contributed by atoms with E-state index in [0.717, 1.165) is 10.8 Å². The van der Waals surface area contributed by atoms with Gasteiger partial charge >= 0.3 is 188 Å². The van der Waals surface area contributed by atoms with Crippen molar-refractivity contribution < 1.29 is 23.5 Å². The number of hydrogen-bond donors (Lipinski definition) is 1. The molecule has 2 atom stereocenters. The average Bonchev–Trinajstić information content (AvgIpc) is 3.29. The van der Waals surface area contributed by atoms with Crippen LogP contribution in [0.15, 0.2) is 71.7 Å². The van der Waals surface area contributed by atoms with Crippen LogP contribution in [0.2, 0.25) is 5.32 Å². The number of amides is 1. The number of aromatic nitrogens is 2. The number of anilines is 1. The first-order valence-electron chi connectivity index (χ1n) is 9.65. The molecule has 0 bridgehead atoms. The van der Waals surface area contributed by atoms with Crippen molar-refractivity contribution in [2.75, 3.05) is 11.9 Å². The molecule has 2 aromatic carbocycles. The Hall–Kier alpha value is -3.33. The summed E-state index contributed by atoms with van der Waals surface area (Å²) in [5, 5.41) is 2.42. The zero-order chi connectivity index (χ0) is 22.5. The van der Waals surface area contributed by atoms with Crippen LogP contribution in [0.5, 0.6) is 0 Å². The number of nitrogens with zero attached hydrogens (tertiary/aromatic N) is 2. The third kappa shape index (κ3) is 5.11. The second-order valence-electron chi connectivity index (χ2n) is 6.77. The van der Waals surface area contributed by atoms with Gasteiger partial charge in [0, 0.05) is 0 Å². The Morgan fingerprint density at radius 3 is 2.47 bits per heavy atom. The molecule has 1 aliphatic rings. The summed E-state index contributed by atoms with van der Waals surface area (Å²) in [5.41, 5.74) is -0.00438. The van der Waals surface area contributed by atoms with Gasteiger partial charge in [0.05, 0.1) is 0 Å². The molecule has 4 rings (SSSR count). The average molecular weight is 502 g/mol. The number of rotatable bonds is 6. The van der Waals surface area contributed by atoms with Crippen LogP contribution in [-0.4, -0.2) is 48.0 Å². The van der Waals surface area contributed by atoms with Crippen LogP contribution in [0.4, 0.5) is 10.2 Å². The Balaban J connectivity index is 1.38. The number of benzene rings is 2. The Bertz CT molecular complexity index is 1170. The first kappa shape index (κ1) is 21.9. The zero-order valence-electron chi connectivity index (χ0n) is 16.6. The van der Waals surface area contributed by atoms with Gasteiger partial charge in [-0.15, -0.1) is 0 Å². The maximum absolute atomic E-state index is 14.5. The molecule has 10 heteroatoms. The molecule has 1 fully saturated rings. The van der Waals surface area contributed by atoms with Gasteiger partial charge in [0.2, 0.25) is 0 Å². The van der Waals surface area contributed by atoms with Gasteiger partial charge in [-0.05, 0) is 0 Å². The fourth-order valence-electron chi connectivity index (χ4n) is 2.99. The minimum atomic E-state index is -0.857. The van der Waals surface area contributed by atoms with Gasteiger partial charge < -0.3 is 0 Å². The third-order valence-corrected chi connectivity index (χ3v) is 6.88. The summed E-state index contributed by atoms with van der Waals surface area (Å²) in [6.07, 6.45) is 0.249. The molecule has 0 radical (unpaired) electrons. The normalized spacial score (nSPS) is 17.7. The Morgan fingerprint density at radius 2 is 1.78 bits per heavy atom. The van der Waals surface area contributed by atoms with E-state index >= 15 is 0 Å². The van der Waals surface area contributed by atoms with Gasteiger partial charge in [0.25, 0.3) is 0 Å². The number of hydrogen-bond acceptors (Lipinski definition) is 6. The van der Waals surface area contributed by atoms with Gasteiger partial charge in [-0.2, -0.15) is 0 Å². The monoisotopic (exact) mass is 503 g/mol. The second kappa shape index (κ2) is 9.86. The molecule has 0 saturated carbocycles. The molecular formula is C22H18FN3O5Se. The van der Waals surface area contributed by atoms with Crippen LogP contribution in [0.25, 0.3) is 0 Å². The fourth-order valence-corrected chi connectivity index (χ4v) is 5.06. The van der Waals surface area contributed by atoms with Gasteiger partial charge in [0.1, 0.15) is 0 Å². The van der Waals surface area contributed by atoms with Crippen molar-refractivity contribution in [2.24, 2.45) is 0 Å². The van der Waals surface area contributed by atoms with E-state index in [4.69, 9.17) is 9.47 Å². The topological polar surface area (TPSA) is 99.5 Å². The van der Waals surface area contributed by atoms with Gasteiger partial charge in [0.15, 0.2) is 0 Å². The molecule has 0 aliphatic carbocycles. The van der Waals surface area contributed by atoms with Crippen LogP contribution in [0, 0.1) is 5.82 Å². The van der Waals surface area contributed by atoms with Crippen LogP contribution in [0.1, 0.15) is 26.9 Å². The molecular weight excluding hydrogens is 484 g/mol. The van der Waals surface area contributed by atoms with Crippen molar-refractivity contribution >= 4 is 32.7 Å². The standard InChI is InChI=1S/C22H18FN3O5Se/c23-16-11-26(22(29)25-19(16)24-20(27)14-7-3-1-4-8-14)17-13-32-18(31-17)12-30-21(28)15-9-5-2-6-10-15/h1-11,17-18H,12-13H2,(H,24,25,27,29)/t17-,18+/m1/s1. The van der Waals surface area contributed by atoms with Crippen molar-refractivity contribution in [1.82, 2.24) is 9.55 Å². The van der Waals surface area contributed by atoms with Gasteiger partial charge in [-0.25, -0.2) is 0 Å². The quantitative estimate of drug-likeness (QED) is 0.411. The summed E-state index contributed by atoms with van der Waals surface area (Å²) in [6, 6.07) is 16.8. The first-order valence-corrected chi connectivity index (χ1v) is 11.9. The molecule has 1 aliphatic heterocycles. The number of ether oxygens (including phenoxy) is 2. The van der Waals surface area contributed by atoms with E-state index < -0.39 is 35.4 Å². The number of carbonyl (C=O) groups excluding carboxylic acids is 2. The van der Waals surface area contributed by atoms with Crippen LogP contribution in [-0.2, 0) is 9.47 Å². The molecule has 1 saturated heterocycles. The molecule has 32 heavy (non-hydrogen) atoms. The van der Waals surface area contributed by atoms with Crippen LogP contribution < -0.4 is 11.0 Å². The Labute approximate surface area is 188 Å². The van der Waals surface area contributed by atoms with E-state index in [1.54, 1.807) is 60.7 Å². The summed E-state index contributed by atoms with van der Waals surface area (Å²) in [5.74, 6) is -2.34. The second-order valence-corrected chi connectivity index (χ2v) is 9.27.